The first-order chi connectivity index (χ1) is 9.99. The molecule has 0 saturated heterocycles. The molecule has 0 aromatic heterocycles. The van der Waals surface area contributed by atoms with Crippen LogP contribution in [0.4, 0.5) is 0 Å². The third-order valence-electron chi connectivity index (χ3n) is 2.94. The summed E-state index contributed by atoms with van der Waals surface area (Å²) in [7, 11) is 3.13. The Bertz CT molecular complexity index is 593. The van der Waals surface area contributed by atoms with Crippen molar-refractivity contribution in [2.45, 2.75) is 12.8 Å². The summed E-state index contributed by atoms with van der Waals surface area (Å²) in [6.07, 6.45) is 2.53. The molecule has 1 aromatic carbocycles. The Labute approximate surface area is 150 Å². The molecule has 0 aliphatic heterocycles. The molecular weight excluding hydrogens is 456 g/mol. The molecule has 0 heterocycles. The minimum Gasteiger partial charge on any atom is -0.496 e. The Hall–Kier alpha value is -1.42. The van der Waals surface area contributed by atoms with Gasteiger partial charge in [0.25, 0.3) is 0 Å². The molecule has 22 heavy (non-hydrogen) atoms. The predicted molar refractivity (Wildman–Crippen MR) is 79.7 cm³/mol. The molecule has 0 saturated carbocycles. The summed E-state index contributed by atoms with van der Waals surface area (Å²) in [5, 5.41) is 19.8. The van der Waals surface area contributed by atoms with Crippen molar-refractivity contribution < 1.29 is 36.8 Å². The molecule has 0 amide bonds. The zero-order chi connectivity index (χ0) is 16.0. The second kappa shape index (κ2) is 9.57. The summed E-state index contributed by atoms with van der Waals surface area (Å²) in [4.78, 5) is 18.5. The first-order valence-electron chi connectivity index (χ1n) is 5.73. The van der Waals surface area contributed by atoms with Gasteiger partial charge in [-0.25, -0.2) is 0 Å². The van der Waals surface area contributed by atoms with E-state index in [-0.39, 0.29) is 33.0 Å². The van der Waals surface area contributed by atoms with Crippen LogP contribution in [0.3, 0.4) is 0 Å². The second-order valence-corrected chi connectivity index (χ2v) is 4.81. The van der Waals surface area contributed by atoms with Gasteiger partial charge in [0.2, 0.25) is 5.70 Å². The molecule has 0 N–H and O–H groups in total. The van der Waals surface area contributed by atoms with E-state index in [1.165, 1.54) is 0 Å². The molecule has 0 atom stereocenters. The number of hydrogen-bond acceptors (Lipinski definition) is 7. The summed E-state index contributed by atoms with van der Waals surface area (Å²) in [5.74, 6) is 1.32. The fraction of sp³-hybridized carbons (Fsp3) is 0.333. The molecule has 0 spiro atoms. The van der Waals surface area contributed by atoms with Gasteiger partial charge < -0.3 is 19.6 Å². The van der Waals surface area contributed by atoms with Gasteiger partial charge >= 0.3 is 22.4 Å². The Morgan fingerprint density at radius 2 is 1.91 bits per heavy atom. The van der Waals surface area contributed by atoms with Crippen molar-refractivity contribution in [3.8, 4) is 11.5 Å². The maximum absolute atomic E-state index is 10.8. The number of fused-ring (bicyclic) bond motifs is 1. The Morgan fingerprint density at radius 1 is 1.32 bits per heavy atom. The average molecular weight is 468 g/mol. The third-order valence-corrected chi connectivity index (χ3v) is 3.53. The molecule has 0 bridgehead atoms. The SMILES string of the molecule is COc1cc(Br)c(OC)c2c1C=C([N+](=O)[O-])CC2.O=N[O-].[Ag+]. The molecule has 0 unspecified atom stereocenters. The molecule has 1 aromatic rings. The van der Waals surface area contributed by atoms with E-state index in [1.807, 2.05) is 0 Å². The number of hydrogen-bond donors (Lipinski definition) is 0. The van der Waals surface area contributed by atoms with Crippen LogP contribution in [-0.4, -0.2) is 19.1 Å². The standard InChI is InChI=1S/C12H12BrNO4.Ag.HNO2/c1-17-11-6-10(13)12(18-2)8-4-3-7(14(15)16)5-9(8)11;;2-1-3/h5-6H,3-4H2,1-2H3;;(H,2,3)/q;+1;/p-1. The van der Waals surface area contributed by atoms with Crippen molar-refractivity contribution in [2.24, 2.45) is 5.34 Å². The van der Waals surface area contributed by atoms with Crippen LogP contribution in [0.1, 0.15) is 17.5 Å². The second-order valence-electron chi connectivity index (χ2n) is 3.95. The largest absolute Gasteiger partial charge is 1.00 e. The molecule has 0 fully saturated rings. The normalized spacial score (nSPS) is 11.7. The molecule has 0 radical (unpaired) electrons. The van der Waals surface area contributed by atoms with Gasteiger partial charge in [-0.05, 0) is 28.4 Å². The number of ether oxygens (including phenoxy) is 2. The molecule has 1 aliphatic rings. The Morgan fingerprint density at radius 3 is 2.36 bits per heavy atom. The summed E-state index contributed by atoms with van der Waals surface area (Å²) in [6, 6.07) is 1.76. The van der Waals surface area contributed by atoms with Crippen LogP contribution in [-0.2, 0) is 28.8 Å². The summed E-state index contributed by atoms with van der Waals surface area (Å²) in [6.45, 7) is 0. The summed E-state index contributed by atoms with van der Waals surface area (Å²) in [5.41, 5.74) is 1.87. The summed E-state index contributed by atoms with van der Waals surface area (Å²) >= 11 is 3.41. The number of allylic oxidation sites excluding steroid dienone is 1. The topological polar surface area (TPSA) is 114 Å². The number of benzene rings is 1. The van der Waals surface area contributed by atoms with E-state index in [4.69, 9.17) is 19.6 Å². The number of nitro groups is 1. The van der Waals surface area contributed by atoms with Gasteiger partial charge in [-0.15, -0.1) is 5.34 Å². The zero-order valence-electron chi connectivity index (χ0n) is 11.6. The number of methoxy groups -OCH3 is 2. The van der Waals surface area contributed by atoms with Crippen LogP contribution in [0.5, 0.6) is 11.5 Å². The van der Waals surface area contributed by atoms with Gasteiger partial charge in [-0.1, -0.05) is 0 Å². The Kier molecular flexibility index (Phi) is 8.95. The van der Waals surface area contributed by atoms with Gasteiger partial charge in [-0.2, -0.15) is 0 Å². The van der Waals surface area contributed by atoms with Crippen LogP contribution in [0.2, 0.25) is 0 Å². The number of rotatable bonds is 3. The molecule has 8 nitrogen and oxygen atoms in total. The fourth-order valence-corrected chi connectivity index (χ4v) is 2.71. The number of halogens is 1. The molecule has 1 aliphatic carbocycles. The van der Waals surface area contributed by atoms with Crippen molar-refractivity contribution in [1.82, 2.24) is 0 Å². The molecular formula is C12H12AgBrN2O6. The van der Waals surface area contributed by atoms with E-state index >= 15 is 0 Å². The fourth-order valence-electron chi connectivity index (χ4n) is 2.11. The first-order valence-corrected chi connectivity index (χ1v) is 6.52. The maximum atomic E-state index is 10.8. The van der Waals surface area contributed by atoms with Crippen molar-refractivity contribution >= 4 is 22.0 Å². The van der Waals surface area contributed by atoms with Crippen molar-refractivity contribution in [2.75, 3.05) is 14.2 Å². The van der Waals surface area contributed by atoms with E-state index < -0.39 is 0 Å². The number of nitrogens with zero attached hydrogens (tertiary/aromatic N) is 2. The zero-order valence-corrected chi connectivity index (χ0v) is 14.7. The van der Waals surface area contributed by atoms with E-state index in [0.29, 0.717) is 24.3 Å². The van der Waals surface area contributed by atoms with Gasteiger partial charge in [0.05, 0.1) is 23.6 Å². The summed E-state index contributed by atoms with van der Waals surface area (Å²) < 4.78 is 11.4. The van der Waals surface area contributed by atoms with E-state index in [1.54, 1.807) is 26.4 Å². The minimum absolute atomic E-state index is 0. The molecule has 10 heteroatoms. The maximum Gasteiger partial charge on any atom is 1.00 e. The quantitative estimate of drug-likeness (QED) is 0.291. The van der Waals surface area contributed by atoms with Crippen LogP contribution < -0.4 is 9.47 Å². The van der Waals surface area contributed by atoms with Crippen LogP contribution in [0.15, 0.2) is 21.6 Å². The van der Waals surface area contributed by atoms with E-state index in [9.17, 15) is 10.1 Å². The van der Waals surface area contributed by atoms with Crippen molar-refractivity contribution in [1.29, 1.82) is 0 Å². The Balaban J connectivity index is 0.00000102. The first kappa shape index (κ1) is 20.6. The molecule has 124 valence electrons. The van der Waals surface area contributed by atoms with Gasteiger partial charge in [-0.3, -0.25) is 10.1 Å². The van der Waals surface area contributed by atoms with Crippen LogP contribution >= 0.6 is 15.9 Å². The molecule has 2 rings (SSSR count). The van der Waals surface area contributed by atoms with Crippen LogP contribution in [0.25, 0.3) is 6.08 Å². The third kappa shape index (κ3) is 4.54. The van der Waals surface area contributed by atoms with Crippen molar-refractivity contribution in [3.05, 3.63) is 47.6 Å². The minimum atomic E-state index is -0.350. The van der Waals surface area contributed by atoms with Crippen molar-refractivity contribution in [3.63, 3.8) is 0 Å². The van der Waals surface area contributed by atoms with Gasteiger partial charge in [0.1, 0.15) is 11.5 Å². The van der Waals surface area contributed by atoms with Crippen LogP contribution in [0, 0.1) is 20.2 Å². The monoisotopic (exact) mass is 466 g/mol. The average Bonchev–Trinajstić information content (AvgIpc) is 2.46. The smallest absolute Gasteiger partial charge is 0.496 e. The predicted octanol–water partition coefficient (Wildman–Crippen LogP) is 3.28. The van der Waals surface area contributed by atoms with E-state index in [2.05, 4.69) is 15.9 Å². The van der Waals surface area contributed by atoms with Gasteiger partial charge in [0, 0.05) is 23.6 Å². The van der Waals surface area contributed by atoms with Gasteiger partial charge in [0.15, 0.2) is 0 Å². The van der Waals surface area contributed by atoms with E-state index in [0.717, 1.165) is 20.9 Å².